The van der Waals surface area contributed by atoms with Crippen LogP contribution in [0.3, 0.4) is 0 Å². The third-order valence-corrected chi connectivity index (χ3v) is 5.40. The molecule has 0 heterocycles. The Balaban J connectivity index is 1.95. The number of hydrogen-bond acceptors (Lipinski definition) is 5. The van der Waals surface area contributed by atoms with E-state index in [0.29, 0.717) is 11.1 Å². The highest BCUT2D eigenvalue weighted by molar-refractivity contribution is 7.86. The monoisotopic (exact) mass is 393 g/mol. The van der Waals surface area contributed by atoms with E-state index in [9.17, 15) is 23.2 Å². The summed E-state index contributed by atoms with van der Waals surface area (Å²) in [6.07, 6.45) is 1.37. The summed E-state index contributed by atoms with van der Waals surface area (Å²) < 4.78 is 32.8. The van der Waals surface area contributed by atoms with E-state index >= 15 is 0 Å². The molecule has 0 spiro atoms. The Morgan fingerprint density at radius 3 is 2.14 bits per heavy atom. The normalized spacial score (nSPS) is 12.2. The number of aromatic hydroxyl groups is 2. The molecule has 0 aliphatic carbocycles. The van der Waals surface area contributed by atoms with Gasteiger partial charge in [0.1, 0.15) is 22.1 Å². The molecule has 4 rings (SSSR count). The van der Waals surface area contributed by atoms with Crippen molar-refractivity contribution < 1.29 is 23.2 Å². The van der Waals surface area contributed by atoms with E-state index in [1.807, 2.05) is 24.3 Å². The molecule has 3 N–H and O–H groups in total. The SMILES string of the molecule is O=S(=O)(O)c1cc(O)c(C=Nc2c(O)ccc3ccccc23)c2ccccc12. The molecule has 0 unspecified atom stereocenters. The lowest BCUT2D eigenvalue weighted by molar-refractivity contribution is 0.467. The number of nitrogens with zero attached hydrogens (tertiary/aromatic N) is 1. The number of aliphatic imine (C=N–C) groups is 1. The first-order valence-electron chi connectivity index (χ1n) is 8.33. The van der Waals surface area contributed by atoms with Gasteiger partial charge in [0.2, 0.25) is 0 Å². The van der Waals surface area contributed by atoms with Crippen LogP contribution >= 0.6 is 0 Å². The molecule has 0 aromatic heterocycles. The molecule has 0 fully saturated rings. The van der Waals surface area contributed by atoms with Crippen LogP contribution in [0.2, 0.25) is 0 Å². The van der Waals surface area contributed by atoms with Crippen molar-refractivity contribution >= 4 is 43.6 Å². The zero-order valence-corrected chi connectivity index (χ0v) is 15.3. The van der Waals surface area contributed by atoms with Gasteiger partial charge in [0.15, 0.2) is 0 Å². The molecule has 0 aliphatic rings. The topological polar surface area (TPSA) is 107 Å². The van der Waals surface area contributed by atoms with Gasteiger partial charge in [-0.3, -0.25) is 9.55 Å². The summed E-state index contributed by atoms with van der Waals surface area (Å²) in [4.78, 5) is 3.98. The number of phenols is 2. The fourth-order valence-corrected chi connectivity index (χ4v) is 3.92. The highest BCUT2D eigenvalue weighted by atomic mass is 32.2. The first kappa shape index (κ1) is 18.0. The van der Waals surface area contributed by atoms with Crippen molar-refractivity contribution in [2.75, 3.05) is 0 Å². The highest BCUT2D eigenvalue weighted by Crippen LogP contribution is 2.36. The van der Waals surface area contributed by atoms with E-state index in [2.05, 4.69) is 4.99 Å². The largest absolute Gasteiger partial charge is 0.507 e. The number of rotatable bonds is 3. The highest BCUT2D eigenvalue weighted by Gasteiger charge is 2.18. The Labute approximate surface area is 160 Å². The first-order chi connectivity index (χ1) is 13.4. The summed E-state index contributed by atoms with van der Waals surface area (Å²) >= 11 is 0. The summed E-state index contributed by atoms with van der Waals surface area (Å²) in [5.74, 6) is -0.372. The zero-order valence-electron chi connectivity index (χ0n) is 14.4. The maximum atomic E-state index is 11.7. The van der Waals surface area contributed by atoms with Gasteiger partial charge in [0, 0.05) is 28.6 Å². The number of phenolic OH excluding ortho intramolecular Hbond substituents is 2. The minimum Gasteiger partial charge on any atom is -0.507 e. The maximum Gasteiger partial charge on any atom is 0.295 e. The van der Waals surface area contributed by atoms with Crippen LogP contribution in [-0.4, -0.2) is 29.4 Å². The molecule has 4 aromatic rings. The molecule has 0 atom stereocenters. The Morgan fingerprint density at radius 2 is 1.43 bits per heavy atom. The van der Waals surface area contributed by atoms with Crippen molar-refractivity contribution in [3.8, 4) is 11.5 Å². The van der Waals surface area contributed by atoms with Crippen molar-refractivity contribution in [2.24, 2.45) is 4.99 Å². The molecule has 0 bridgehead atoms. The first-order valence-corrected chi connectivity index (χ1v) is 9.77. The fourth-order valence-electron chi connectivity index (χ4n) is 3.21. The Bertz CT molecular complexity index is 1360. The maximum absolute atomic E-state index is 11.7. The molecule has 28 heavy (non-hydrogen) atoms. The van der Waals surface area contributed by atoms with Gasteiger partial charge in [0.25, 0.3) is 10.1 Å². The van der Waals surface area contributed by atoms with Gasteiger partial charge >= 0.3 is 0 Å². The predicted octanol–water partition coefficient (Wildman–Crippen LogP) is 4.40. The van der Waals surface area contributed by atoms with Crippen LogP contribution in [0.15, 0.2) is 76.6 Å². The van der Waals surface area contributed by atoms with Crippen LogP contribution in [0.25, 0.3) is 21.5 Å². The second-order valence-electron chi connectivity index (χ2n) is 6.24. The van der Waals surface area contributed by atoms with Crippen LogP contribution < -0.4 is 0 Å². The van der Waals surface area contributed by atoms with E-state index in [1.54, 1.807) is 24.3 Å². The lowest BCUT2D eigenvalue weighted by Gasteiger charge is -2.10. The van der Waals surface area contributed by atoms with Gasteiger partial charge in [-0.25, -0.2) is 0 Å². The summed E-state index contributed by atoms with van der Waals surface area (Å²) in [5.41, 5.74) is 0.607. The molecule has 0 saturated carbocycles. The molecule has 4 aromatic carbocycles. The van der Waals surface area contributed by atoms with E-state index in [-0.39, 0.29) is 27.3 Å². The average molecular weight is 393 g/mol. The van der Waals surface area contributed by atoms with Crippen molar-refractivity contribution in [1.29, 1.82) is 0 Å². The van der Waals surface area contributed by atoms with E-state index in [1.165, 1.54) is 18.3 Å². The van der Waals surface area contributed by atoms with E-state index in [4.69, 9.17) is 0 Å². The van der Waals surface area contributed by atoms with E-state index in [0.717, 1.165) is 16.8 Å². The van der Waals surface area contributed by atoms with Gasteiger partial charge < -0.3 is 10.2 Å². The predicted molar refractivity (Wildman–Crippen MR) is 108 cm³/mol. The van der Waals surface area contributed by atoms with E-state index < -0.39 is 10.1 Å². The minimum absolute atomic E-state index is 0.0201. The van der Waals surface area contributed by atoms with Crippen molar-refractivity contribution in [1.82, 2.24) is 0 Å². The zero-order chi connectivity index (χ0) is 19.9. The molecule has 6 nitrogen and oxygen atoms in total. The van der Waals surface area contributed by atoms with Gasteiger partial charge in [-0.2, -0.15) is 8.42 Å². The van der Waals surface area contributed by atoms with Crippen LogP contribution in [0.1, 0.15) is 5.56 Å². The second-order valence-corrected chi connectivity index (χ2v) is 7.63. The van der Waals surface area contributed by atoms with Crippen molar-refractivity contribution in [2.45, 2.75) is 4.90 Å². The molecular weight excluding hydrogens is 378 g/mol. The van der Waals surface area contributed by atoms with Gasteiger partial charge in [0.05, 0.1) is 0 Å². The van der Waals surface area contributed by atoms with Crippen LogP contribution in [0, 0.1) is 0 Å². The summed E-state index contributed by atoms with van der Waals surface area (Å²) in [7, 11) is -4.52. The van der Waals surface area contributed by atoms with Crippen molar-refractivity contribution in [3.05, 3.63) is 72.3 Å². The third kappa shape index (κ3) is 3.06. The molecule has 7 heteroatoms. The van der Waals surface area contributed by atoms with Crippen LogP contribution in [-0.2, 0) is 10.1 Å². The smallest absolute Gasteiger partial charge is 0.295 e. The lowest BCUT2D eigenvalue weighted by atomic mass is 10.0. The van der Waals surface area contributed by atoms with Gasteiger partial charge in [-0.15, -0.1) is 0 Å². The molecular formula is C21H15NO5S. The minimum atomic E-state index is -4.52. The van der Waals surface area contributed by atoms with Crippen LogP contribution in [0.5, 0.6) is 11.5 Å². The number of fused-ring (bicyclic) bond motifs is 2. The molecule has 0 saturated heterocycles. The van der Waals surface area contributed by atoms with Gasteiger partial charge in [-0.1, -0.05) is 54.6 Å². The Kier molecular flexibility index (Phi) is 4.26. The summed E-state index contributed by atoms with van der Waals surface area (Å²) in [6.45, 7) is 0. The number of benzene rings is 4. The third-order valence-electron chi connectivity index (χ3n) is 4.51. The summed E-state index contributed by atoms with van der Waals surface area (Å²) in [5, 5.41) is 22.9. The van der Waals surface area contributed by atoms with Crippen molar-refractivity contribution in [3.63, 3.8) is 0 Å². The average Bonchev–Trinajstić information content (AvgIpc) is 2.67. The molecule has 0 aliphatic heterocycles. The molecule has 140 valence electrons. The number of hydrogen-bond donors (Lipinski definition) is 3. The molecule has 0 radical (unpaired) electrons. The van der Waals surface area contributed by atoms with Gasteiger partial charge in [-0.05, 0) is 16.8 Å². The fraction of sp³-hybridized carbons (Fsp3) is 0. The standard InChI is InChI=1S/C21H15NO5S/c23-18-10-9-13-5-1-2-6-14(13)21(18)22-12-17-15-7-3-4-8-16(15)20(11-19(17)24)28(25,26)27/h1-12,23-24H,(H,25,26,27). The molecule has 0 amide bonds. The van der Waals surface area contributed by atoms with Crippen LogP contribution in [0.4, 0.5) is 5.69 Å². The quantitative estimate of drug-likeness (QED) is 0.353. The Morgan fingerprint density at radius 1 is 0.786 bits per heavy atom. The lowest BCUT2D eigenvalue weighted by Crippen LogP contribution is -2.01. The summed E-state index contributed by atoms with van der Waals surface area (Å²) in [6, 6.07) is 18.2. The Hall–Kier alpha value is -3.42. The second kappa shape index (κ2) is 6.63.